The summed E-state index contributed by atoms with van der Waals surface area (Å²) in [6.07, 6.45) is 2.91. The van der Waals surface area contributed by atoms with Gasteiger partial charge in [0.25, 0.3) is 0 Å². The van der Waals surface area contributed by atoms with E-state index < -0.39 is 4.92 Å². The lowest BCUT2D eigenvalue weighted by Crippen LogP contribution is -2.42. The number of rotatable bonds is 4. The average molecular weight is 315 g/mol. The monoisotopic (exact) mass is 315 g/mol. The molecular formula is C15H17N5O3. The number of nitrogens with two attached hydrogens (primary N) is 1. The molecule has 0 spiro atoms. The molecule has 3 rings (SSSR count). The molecule has 1 aliphatic heterocycles. The number of fused-ring (bicyclic) bond motifs is 1. The highest BCUT2D eigenvalue weighted by Crippen LogP contribution is 2.35. The number of para-hydroxylation sites is 1. The van der Waals surface area contributed by atoms with Crippen LogP contribution >= 0.6 is 0 Å². The summed E-state index contributed by atoms with van der Waals surface area (Å²) in [4.78, 5) is 16.5. The SMILES string of the molecule is N=C(N)N(CC1CCCO1)c1c([N+](=O)[O-])cnc2ccccc12. The van der Waals surface area contributed by atoms with Crippen LogP contribution in [0.15, 0.2) is 30.5 Å². The lowest BCUT2D eigenvalue weighted by atomic mass is 10.1. The third-order valence-electron chi connectivity index (χ3n) is 3.90. The molecule has 1 atom stereocenters. The van der Waals surface area contributed by atoms with E-state index in [1.165, 1.54) is 11.1 Å². The van der Waals surface area contributed by atoms with Gasteiger partial charge in [0.05, 0.1) is 23.1 Å². The largest absolute Gasteiger partial charge is 0.376 e. The van der Waals surface area contributed by atoms with Crippen molar-refractivity contribution in [3.8, 4) is 0 Å². The number of anilines is 1. The highest BCUT2D eigenvalue weighted by atomic mass is 16.6. The molecule has 8 nitrogen and oxygen atoms in total. The van der Waals surface area contributed by atoms with Crippen molar-refractivity contribution < 1.29 is 9.66 Å². The van der Waals surface area contributed by atoms with E-state index in [0.29, 0.717) is 29.7 Å². The maximum atomic E-state index is 11.4. The third kappa shape index (κ3) is 2.93. The van der Waals surface area contributed by atoms with Gasteiger partial charge in [0.1, 0.15) is 11.9 Å². The summed E-state index contributed by atoms with van der Waals surface area (Å²) in [6, 6.07) is 7.10. The number of nitro groups is 1. The molecule has 1 fully saturated rings. The summed E-state index contributed by atoms with van der Waals surface area (Å²) in [7, 11) is 0. The fraction of sp³-hybridized carbons (Fsp3) is 0.333. The zero-order chi connectivity index (χ0) is 16.4. The second-order valence-electron chi connectivity index (χ2n) is 5.40. The summed E-state index contributed by atoms with van der Waals surface area (Å²) in [5.41, 5.74) is 6.46. The Morgan fingerprint density at radius 2 is 2.30 bits per heavy atom. The van der Waals surface area contributed by atoms with Crippen LogP contribution in [0, 0.1) is 15.5 Å². The van der Waals surface area contributed by atoms with E-state index in [9.17, 15) is 10.1 Å². The highest BCUT2D eigenvalue weighted by Gasteiger charge is 2.28. The third-order valence-corrected chi connectivity index (χ3v) is 3.90. The average Bonchev–Trinajstić information content (AvgIpc) is 3.04. The Morgan fingerprint density at radius 3 is 2.96 bits per heavy atom. The standard InChI is InChI=1S/C15H17N5O3/c16-15(17)19(9-10-4-3-7-23-10)14-11-5-1-2-6-12(11)18-8-13(14)20(21)22/h1-2,5-6,8,10H,3-4,7,9H2,(H3,16,17). The van der Waals surface area contributed by atoms with E-state index in [-0.39, 0.29) is 17.8 Å². The molecule has 0 aliphatic carbocycles. The van der Waals surface area contributed by atoms with Gasteiger partial charge in [-0.25, -0.2) is 4.98 Å². The number of hydrogen-bond donors (Lipinski definition) is 2. The number of guanidine groups is 1. The van der Waals surface area contributed by atoms with Gasteiger partial charge in [-0.3, -0.25) is 15.5 Å². The maximum absolute atomic E-state index is 11.4. The number of benzene rings is 1. The van der Waals surface area contributed by atoms with Crippen molar-refractivity contribution in [2.24, 2.45) is 5.73 Å². The minimum absolute atomic E-state index is 0.0922. The van der Waals surface area contributed by atoms with Gasteiger partial charge >= 0.3 is 5.69 Å². The van der Waals surface area contributed by atoms with Crippen LogP contribution in [0.1, 0.15) is 12.8 Å². The summed E-state index contributed by atoms with van der Waals surface area (Å²) in [5, 5.41) is 19.9. The Balaban J connectivity index is 2.14. The molecule has 0 amide bonds. The van der Waals surface area contributed by atoms with E-state index in [2.05, 4.69) is 4.98 Å². The number of aromatic nitrogens is 1. The van der Waals surface area contributed by atoms with Crippen molar-refractivity contribution in [3.63, 3.8) is 0 Å². The smallest absolute Gasteiger partial charge is 0.311 e. The number of hydrogen-bond acceptors (Lipinski definition) is 5. The second kappa shape index (κ2) is 6.17. The molecule has 0 saturated carbocycles. The Morgan fingerprint density at radius 1 is 1.52 bits per heavy atom. The Bertz CT molecular complexity index is 758. The van der Waals surface area contributed by atoms with E-state index in [1.54, 1.807) is 18.2 Å². The minimum atomic E-state index is -0.500. The molecule has 1 aromatic heterocycles. The van der Waals surface area contributed by atoms with Gasteiger partial charge in [0.2, 0.25) is 0 Å². The maximum Gasteiger partial charge on any atom is 0.311 e. The molecule has 1 aromatic carbocycles. The normalized spacial score (nSPS) is 17.3. The van der Waals surface area contributed by atoms with Gasteiger partial charge in [-0.2, -0.15) is 0 Å². The Labute approximate surface area is 132 Å². The second-order valence-corrected chi connectivity index (χ2v) is 5.40. The van der Waals surface area contributed by atoms with Crippen molar-refractivity contribution in [2.75, 3.05) is 18.1 Å². The molecule has 1 saturated heterocycles. The molecule has 2 heterocycles. The van der Waals surface area contributed by atoms with Gasteiger partial charge in [-0.05, 0) is 18.9 Å². The van der Waals surface area contributed by atoms with E-state index in [4.69, 9.17) is 15.9 Å². The van der Waals surface area contributed by atoms with Crippen molar-refractivity contribution in [1.82, 2.24) is 4.98 Å². The first-order chi connectivity index (χ1) is 11.1. The van der Waals surface area contributed by atoms with Crippen molar-refractivity contribution >= 4 is 28.2 Å². The lowest BCUT2D eigenvalue weighted by Gasteiger charge is -2.26. The quantitative estimate of drug-likeness (QED) is 0.385. The first kappa shape index (κ1) is 15.2. The molecule has 0 bridgehead atoms. The van der Waals surface area contributed by atoms with Crippen LogP contribution in [0.3, 0.4) is 0 Å². The zero-order valence-electron chi connectivity index (χ0n) is 12.4. The molecule has 120 valence electrons. The van der Waals surface area contributed by atoms with Crippen LogP contribution < -0.4 is 10.6 Å². The molecule has 1 unspecified atom stereocenters. The molecule has 8 heteroatoms. The Kier molecular flexibility index (Phi) is 4.07. The molecule has 3 N–H and O–H groups in total. The zero-order valence-corrected chi connectivity index (χ0v) is 12.4. The number of pyridine rings is 1. The van der Waals surface area contributed by atoms with E-state index in [1.807, 2.05) is 6.07 Å². The predicted molar refractivity (Wildman–Crippen MR) is 86.6 cm³/mol. The summed E-state index contributed by atoms with van der Waals surface area (Å²) < 4.78 is 5.59. The molecule has 2 aromatic rings. The highest BCUT2D eigenvalue weighted by molar-refractivity contribution is 6.05. The Hall–Kier alpha value is -2.74. The van der Waals surface area contributed by atoms with Gasteiger partial charge < -0.3 is 15.4 Å². The number of nitrogens with zero attached hydrogens (tertiary/aromatic N) is 3. The minimum Gasteiger partial charge on any atom is -0.376 e. The first-order valence-corrected chi connectivity index (χ1v) is 7.33. The lowest BCUT2D eigenvalue weighted by molar-refractivity contribution is -0.384. The van der Waals surface area contributed by atoms with Crippen molar-refractivity contribution in [3.05, 3.63) is 40.6 Å². The number of ether oxygens (including phenoxy) is 1. The van der Waals surface area contributed by atoms with Crippen molar-refractivity contribution in [1.29, 1.82) is 5.41 Å². The molecule has 1 aliphatic rings. The van der Waals surface area contributed by atoms with Crippen molar-refractivity contribution in [2.45, 2.75) is 18.9 Å². The van der Waals surface area contributed by atoms with Crippen LogP contribution in [-0.4, -0.2) is 35.1 Å². The fourth-order valence-corrected chi connectivity index (χ4v) is 2.84. The predicted octanol–water partition coefficient (Wildman–Crippen LogP) is 2.02. The van der Waals surface area contributed by atoms with Gasteiger partial charge in [-0.15, -0.1) is 0 Å². The van der Waals surface area contributed by atoms with Crippen LogP contribution in [0.5, 0.6) is 0 Å². The van der Waals surface area contributed by atoms with E-state index >= 15 is 0 Å². The van der Waals surface area contributed by atoms with Crippen LogP contribution in [0.25, 0.3) is 10.9 Å². The van der Waals surface area contributed by atoms with Crippen LogP contribution in [-0.2, 0) is 4.74 Å². The fourth-order valence-electron chi connectivity index (χ4n) is 2.84. The van der Waals surface area contributed by atoms with Gasteiger partial charge in [0, 0.05) is 12.0 Å². The topological polar surface area (TPSA) is 118 Å². The summed E-state index contributed by atoms with van der Waals surface area (Å²) >= 11 is 0. The van der Waals surface area contributed by atoms with E-state index in [0.717, 1.165) is 12.8 Å². The van der Waals surface area contributed by atoms with Gasteiger partial charge in [0.15, 0.2) is 5.96 Å². The number of nitrogens with one attached hydrogen (secondary N) is 1. The molecule has 23 heavy (non-hydrogen) atoms. The molecule has 0 radical (unpaired) electrons. The summed E-state index contributed by atoms with van der Waals surface area (Å²) in [5.74, 6) is -0.250. The molecular weight excluding hydrogens is 298 g/mol. The van der Waals surface area contributed by atoms with Crippen LogP contribution in [0.2, 0.25) is 0 Å². The van der Waals surface area contributed by atoms with Crippen LogP contribution in [0.4, 0.5) is 11.4 Å². The summed E-state index contributed by atoms with van der Waals surface area (Å²) in [6.45, 7) is 0.972. The first-order valence-electron chi connectivity index (χ1n) is 7.33. The van der Waals surface area contributed by atoms with Gasteiger partial charge in [-0.1, -0.05) is 18.2 Å².